The first-order valence-corrected chi connectivity index (χ1v) is 21.7. The van der Waals surface area contributed by atoms with Gasteiger partial charge in [0.2, 0.25) is 35.4 Å². The van der Waals surface area contributed by atoms with Crippen LogP contribution >= 0.6 is 0 Å². The number of nitrogens with two attached hydrogens (primary N) is 3. The number of likely N-dealkylation sites (N-methyl/N-ethyl adjacent to an activating group) is 1. The lowest BCUT2D eigenvalue weighted by Gasteiger charge is -2.33. The Morgan fingerprint density at radius 3 is 2.13 bits per heavy atom. The number of aliphatic hydroxyl groups is 1. The third-order valence-corrected chi connectivity index (χ3v) is 10.5. The predicted molar refractivity (Wildman–Crippen MR) is 236 cm³/mol. The molecule has 0 saturated carbocycles. The van der Waals surface area contributed by atoms with Crippen molar-refractivity contribution < 1.29 is 43.3 Å². The van der Waals surface area contributed by atoms with Gasteiger partial charge in [0.15, 0.2) is 0 Å². The molecule has 0 aliphatic carbocycles. The molecule has 346 valence electrons. The van der Waals surface area contributed by atoms with Crippen molar-refractivity contribution in [2.24, 2.45) is 17.2 Å². The Labute approximate surface area is 369 Å². The van der Waals surface area contributed by atoms with Gasteiger partial charge in [-0.05, 0) is 61.7 Å². The molecule has 12 N–H and O–H groups in total. The third kappa shape index (κ3) is 15.8. The Kier molecular flexibility index (Phi) is 22.3. The van der Waals surface area contributed by atoms with Crippen LogP contribution in [0.25, 0.3) is 11.1 Å². The van der Waals surface area contributed by atoms with E-state index in [2.05, 4.69) is 33.5 Å². The van der Waals surface area contributed by atoms with Crippen LogP contribution in [0.1, 0.15) is 88.8 Å². The van der Waals surface area contributed by atoms with E-state index in [9.17, 15) is 33.9 Å². The zero-order chi connectivity index (χ0) is 46.3. The van der Waals surface area contributed by atoms with E-state index in [1.165, 1.54) is 20.4 Å². The lowest BCUT2D eigenvalue weighted by atomic mass is 9.93. The summed E-state index contributed by atoms with van der Waals surface area (Å²) < 4.78 is 12.1. The Bertz CT molecular complexity index is 1890. The number of nitrogens with zero attached hydrogens (tertiary/aromatic N) is 2. The standard InChI is InChI=1S/C44H66N10O9/c1-4-5-6-7-8-9-10-11-38(56)51-35(27-55)42(59)52-33(16-17-45)44(61)54(3)39-30-13-15-37(63-23-20-48)32(26-30)31-24-29(12-14-36(31)62-22-19-47)25-34(41(58)49-21-18-46)53-40(57)28(2)50-43(39)60/h12-15,24,26,28,33-35,39,55H,4-11,16-17,19-23,25,27,45,47-48H2,1-3H3,(H,49,58)(H,50,60)(H,51,56)(H,52,59)(H,53,57)/t28-,33-,34-,35-,39-/m0/s1. The first kappa shape index (κ1) is 51.5. The molecule has 2 aromatic carbocycles. The first-order chi connectivity index (χ1) is 30.3. The number of carbonyl (C=O) groups excluding carboxylic acids is 6. The van der Waals surface area contributed by atoms with Gasteiger partial charge in [0, 0.05) is 44.1 Å². The molecule has 0 aromatic heterocycles. The maximum absolute atomic E-state index is 14.5. The summed E-state index contributed by atoms with van der Waals surface area (Å²) in [4.78, 5) is 83.2. The second-order valence-electron chi connectivity index (χ2n) is 15.4. The minimum atomic E-state index is -1.45. The average molecular weight is 879 g/mol. The molecule has 0 radical (unpaired) electrons. The smallest absolute Gasteiger partial charge is 0.248 e. The normalized spacial score (nSPS) is 17.1. The quantitative estimate of drug-likeness (QED) is 0.0503. The van der Waals surface area contributed by atoms with Crippen molar-refractivity contribution in [1.29, 1.82) is 5.26 Å². The highest BCUT2D eigenvalue weighted by atomic mass is 16.5. The summed E-state index contributed by atoms with van der Waals surface area (Å²) in [5.41, 5.74) is 19.3. The number of carbonyl (C=O) groups is 6. The van der Waals surface area contributed by atoms with E-state index < -0.39 is 72.3 Å². The van der Waals surface area contributed by atoms with Crippen LogP contribution in [0.2, 0.25) is 0 Å². The summed E-state index contributed by atoms with van der Waals surface area (Å²) in [6.07, 6.45) is 7.06. The molecule has 0 fully saturated rings. The number of hydrogen-bond donors (Lipinski definition) is 9. The molecule has 1 aliphatic heterocycles. The maximum Gasteiger partial charge on any atom is 0.248 e. The lowest BCUT2D eigenvalue weighted by Crippen LogP contribution is -2.57. The highest BCUT2D eigenvalue weighted by molar-refractivity contribution is 5.97. The predicted octanol–water partition coefficient (Wildman–Crippen LogP) is 0.165. The number of nitrogens with one attached hydrogen (secondary N) is 5. The fraction of sp³-hybridized carbons (Fsp3) is 0.568. The molecule has 4 bridgehead atoms. The molecule has 1 heterocycles. The van der Waals surface area contributed by atoms with E-state index in [0.29, 0.717) is 34.6 Å². The van der Waals surface area contributed by atoms with Crippen LogP contribution in [-0.2, 0) is 35.2 Å². The van der Waals surface area contributed by atoms with Gasteiger partial charge in [-0.3, -0.25) is 28.8 Å². The highest BCUT2D eigenvalue weighted by Gasteiger charge is 2.36. The number of ether oxygens (including phenoxy) is 2. The monoisotopic (exact) mass is 879 g/mol. The second-order valence-corrected chi connectivity index (χ2v) is 15.4. The van der Waals surface area contributed by atoms with Crippen LogP contribution < -0.4 is 53.3 Å². The van der Waals surface area contributed by atoms with E-state index in [4.69, 9.17) is 31.9 Å². The molecule has 0 spiro atoms. The van der Waals surface area contributed by atoms with Crippen LogP contribution in [0.5, 0.6) is 11.5 Å². The van der Waals surface area contributed by atoms with Gasteiger partial charge >= 0.3 is 0 Å². The summed E-state index contributed by atoms with van der Waals surface area (Å²) in [5, 5.41) is 32.2. The van der Waals surface area contributed by atoms with Crippen molar-refractivity contribution in [3.05, 3.63) is 47.5 Å². The zero-order valence-electron chi connectivity index (χ0n) is 36.7. The fourth-order valence-electron chi connectivity index (χ4n) is 7.11. The number of unbranched alkanes of at least 4 members (excludes halogenated alkanes) is 6. The third-order valence-electron chi connectivity index (χ3n) is 10.5. The number of nitriles is 1. The highest BCUT2D eigenvalue weighted by Crippen LogP contribution is 2.40. The molecular weight excluding hydrogens is 813 g/mol. The lowest BCUT2D eigenvalue weighted by molar-refractivity contribution is -0.143. The molecule has 1 aliphatic rings. The largest absolute Gasteiger partial charge is 0.492 e. The van der Waals surface area contributed by atoms with Crippen LogP contribution in [0.3, 0.4) is 0 Å². The molecular formula is C44H66N10O9. The molecule has 3 rings (SSSR count). The summed E-state index contributed by atoms with van der Waals surface area (Å²) in [7, 11) is 1.36. The Morgan fingerprint density at radius 1 is 0.873 bits per heavy atom. The van der Waals surface area contributed by atoms with Crippen LogP contribution in [0.15, 0.2) is 36.4 Å². The van der Waals surface area contributed by atoms with Gasteiger partial charge in [-0.15, -0.1) is 0 Å². The number of rotatable bonds is 24. The van der Waals surface area contributed by atoms with E-state index in [-0.39, 0.29) is 64.2 Å². The van der Waals surface area contributed by atoms with Crippen molar-refractivity contribution in [2.45, 2.75) is 108 Å². The average Bonchev–Trinajstić information content (AvgIpc) is 3.27. The Hall–Kier alpha value is -5.81. The van der Waals surface area contributed by atoms with E-state index in [0.717, 1.165) is 37.0 Å². The number of hydrogen-bond acceptors (Lipinski definition) is 13. The molecule has 63 heavy (non-hydrogen) atoms. The Balaban J connectivity index is 2.07. The topological polar surface area (TPSA) is 306 Å². The summed E-state index contributed by atoms with van der Waals surface area (Å²) in [6, 6.07) is 5.29. The van der Waals surface area contributed by atoms with Crippen LogP contribution in [0.4, 0.5) is 0 Å². The van der Waals surface area contributed by atoms with Crippen molar-refractivity contribution in [3.63, 3.8) is 0 Å². The minimum absolute atomic E-state index is 0.0132. The van der Waals surface area contributed by atoms with Gasteiger partial charge in [0.1, 0.15) is 61.5 Å². The first-order valence-electron chi connectivity index (χ1n) is 21.7. The molecule has 6 amide bonds. The Morgan fingerprint density at radius 2 is 1.51 bits per heavy atom. The van der Waals surface area contributed by atoms with Crippen molar-refractivity contribution in [3.8, 4) is 28.7 Å². The van der Waals surface area contributed by atoms with Gasteiger partial charge in [-0.2, -0.15) is 5.26 Å². The number of benzene rings is 2. The van der Waals surface area contributed by atoms with Gasteiger partial charge in [-0.25, -0.2) is 0 Å². The van der Waals surface area contributed by atoms with Crippen LogP contribution in [0, 0.1) is 11.3 Å². The molecule has 2 aromatic rings. The summed E-state index contributed by atoms with van der Waals surface area (Å²) in [5.74, 6) is -3.43. The zero-order valence-corrected chi connectivity index (χ0v) is 36.7. The molecule has 0 unspecified atom stereocenters. The molecule has 19 heteroatoms. The van der Waals surface area contributed by atoms with Gasteiger partial charge in [0.05, 0.1) is 12.7 Å². The second kappa shape index (κ2) is 27.3. The SMILES string of the molecule is CCCCCCCCCC(=O)N[C@@H](CO)C(=O)N[C@@H](CCN)C(=O)N(C)[C@@H]1C(=O)N[C@@H](C)C(=O)N[C@H](C(=O)NCC#N)Cc2ccc(OCCN)c(c2)-c2cc1ccc2OCCN. The van der Waals surface area contributed by atoms with E-state index >= 15 is 0 Å². The van der Waals surface area contributed by atoms with Crippen molar-refractivity contribution in [1.82, 2.24) is 31.5 Å². The van der Waals surface area contributed by atoms with Crippen LogP contribution in [-0.4, -0.2) is 123 Å². The maximum atomic E-state index is 14.5. The summed E-state index contributed by atoms with van der Waals surface area (Å²) in [6.45, 7) is 3.05. The molecule has 5 atom stereocenters. The number of amides is 6. The fourth-order valence-corrected chi connectivity index (χ4v) is 7.11. The van der Waals surface area contributed by atoms with E-state index in [1.54, 1.807) is 36.4 Å². The van der Waals surface area contributed by atoms with Gasteiger partial charge in [0.25, 0.3) is 0 Å². The molecule has 0 saturated heterocycles. The van der Waals surface area contributed by atoms with Crippen molar-refractivity contribution in [2.75, 3.05) is 53.0 Å². The minimum Gasteiger partial charge on any atom is -0.492 e. The van der Waals surface area contributed by atoms with Gasteiger partial charge < -0.3 is 63.3 Å². The van der Waals surface area contributed by atoms with Crippen molar-refractivity contribution >= 4 is 35.4 Å². The van der Waals surface area contributed by atoms with Gasteiger partial charge in [-0.1, -0.05) is 57.6 Å². The number of fused-ring (bicyclic) bond motifs is 5. The molecule has 19 nitrogen and oxygen atoms in total. The summed E-state index contributed by atoms with van der Waals surface area (Å²) >= 11 is 0. The van der Waals surface area contributed by atoms with E-state index in [1.807, 2.05) is 6.07 Å². The number of aliphatic hydroxyl groups excluding tert-OH is 1.